The molecule has 1 saturated carbocycles. The quantitative estimate of drug-likeness (QED) is 0.608. The Morgan fingerprint density at radius 2 is 2.04 bits per heavy atom. The molecule has 0 bridgehead atoms. The van der Waals surface area contributed by atoms with Crippen LogP contribution in [0.5, 0.6) is 11.5 Å². The molecule has 2 heterocycles. The number of thiazole rings is 1. The first kappa shape index (κ1) is 18.6. The molecule has 1 fully saturated rings. The monoisotopic (exact) mass is 398 g/mol. The maximum Gasteiger partial charge on any atom is 0.269 e. The zero-order chi connectivity index (χ0) is 19.5. The van der Waals surface area contributed by atoms with Crippen molar-refractivity contribution in [3.63, 3.8) is 0 Å². The standard InChI is InChI=1S/C20H22N4O3S/c1-21-19(26)16-10-13(8-9-22-16)27-12-6-7-15-18(11-12)28-20(24-15)23-14-4-2-3-5-17(14)25/h6-11,14,17,25H,2-5H2,1H3,(H,21,26)(H,23,24)/t14-,17+/m1/s1. The van der Waals surface area contributed by atoms with Crippen LogP contribution in [-0.2, 0) is 0 Å². The van der Waals surface area contributed by atoms with E-state index in [0.29, 0.717) is 17.2 Å². The van der Waals surface area contributed by atoms with Gasteiger partial charge in [-0.1, -0.05) is 24.2 Å². The average molecular weight is 398 g/mol. The lowest BCUT2D eigenvalue weighted by molar-refractivity contribution is 0.0957. The van der Waals surface area contributed by atoms with E-state index in [9.17, 15) is 9.90 Å². The van der Waals surface area contributed by atoms with E-state index >= 15 is 0 Å². The molecule has 0 radical (unpaired) electrons. The van der Waals surface area contributed by atoms with Gasteiger partial charge >= 0.3 is 0 Å². The summed E-state index contributed by atoms with van der Waals surface area (Å²) in [6.07, 6.45) is 5.23. The van der Waals surface area contributed by atoms with Crippen LogP contribution in [0.15, 0.2) is 36.5 Å². The molecule has 0 saturated heterocycles. The van der Waals surface area contributed by atoms with Gasteiger partial charge in [0.1, 0.15) is 17.2 Å². The lowest BCUT2D eigenvalue weighted by atomic mass is 9.93. The molecule has 2 aromatic heterocycles. The van der Waals surface area contributed by atoms with E-state index < -0.39 is 0 Å². The third kappa shape index (κ3) is 4.07. The zero-order valence-electron chi connectivity index (χ0n) is 15.5. The van der Waals surface area contributed by atoms with E-state index in [-0.39, 0.29) is 18.1 Å². The molecular formula is C20H22N4O3S. The van der Waals surface area contributed by atoms with Gasteiger partial charge in [-0.15, -0.1) is 0 Å². The predicted octanol–water partition coefficient (Wildman–Crippen LogP) is 3.56. The maximum atomic E-state index is 11.7. The van der Waals surface area contributed by atoms with E-state index in [0.717, 1.165) is 41.0 Å². The fourth-order valence-corrected chi connectivity index (χ4v) is 4.29. The van der Waals surface area contributed by atoms with Crippen molar-refractivity contribution >= 4 is 32.6 Å². The number of pyridine rings is 1. The summed E-state index contributed by atoms with van der Waals surface area (Å²) in [6, 6.07) is 9.06. The van der Waals surface area contributed by atoms with Gasteiger partial charge in [0.2, 0.25) is 0 Å². The van der Waals surface area contributed by atoms with Gasteiger partial charge in [-0.05, 0) is 31.0 Å². The van der Waals surface area contributed by atoms with Gasteiger partial charge in [-0.3, -0.25) is 9.78 Å². The van der Waals surface area contributed by atoms with E-state index in [1.54, 1.807) is 25.4 Å². The maximum absolute atomic E-state index is 11.7. The van der Waals surface area contributed by atoms with E-state index in [1.807, 2.05) is 18.2 Å². The molecule has 4 rings (SSSR count). The van der Waals surface area contributed by atoms with Gasteiger partial charge in [-0.2, -0.15) is 0 Å². The number of ether oxygens (including phenoxy) is 1. The number of anilines is 1. The van der Waals surface area contributed by atoms with Crippen LogP contribution in [0.3, 0.4) is 0 Å². The molecule has 28 heavy (non-hydrogen) atoms. The van der Waals surface area contributed by atoms with Crippen LogP contribution in [-0.4, -0.2) is 40.2 Å². The number of nitrogens with zero attached hydrogens (tertiary/aromatic N) is 2. The van der Waals surface area contributed by atoms with Crippen molar-refractivity contribution in [1.82, 2.24) is 15.3 Å². The van der Waals surface area contributed by atoms with Crippen molar-refractivity contribution in [2.24, 2.45) is 0 Å². The number of carbonyl (C=O) groups excluding carboxylic acids is 1. The number of fused-ring (bicyclic) bond motifs is 1. The van der Waals surface area contributed by atoms with Gasteiger partial charge in [0, 0.05) is 25.4 Å². The van der Waals surface area contributed by atoms with E-state index in [4.69, 9.17) is 4.74 Å². The largest absolute Gasteiger partial charge is 0.457 e. The highest BCUT2D eigenvalue weighted by atomic mass is 32.1. The summed E-state index contributed by atoms with van der Waals surface area (Å²) in [7, 11) is 1.56. The summed E-state index contributed by atoms with van der Waals surface area (Å²) in [6.45, 7) is 0. The SMILES string of the molecule is CNC(=O)c1cc(Oc2ccc3nc(N[C@@H]4CCCC[C@@H]4O)sc3c2)ccn1. The normalized spacial score (nSPS) is 19.4. The number of carbonyl (C=O) groups is 1. The number of aliphatic hydroxyl groups is 1. The molecule has 1 aliphatic rings. The molecule has 146 valence electrons. The predicted molar refractivity (Wildman–Crippen MR) is 109 cm³/mol. The molecular weight excluding hydrogens is 376 g/mol. The minimum Gasteiger partial charge on any atom is -0.457 e. The fraction of sp³-hybridized carbons (Fsp3) is 0.350. The van der Waals surface area contributed by atoms with Crippen molar-refractivity contribution in [2.75, 3.05) is 12.4 Å². The van der Waals surface area contributed by atoms with Crippen molar-refractivity contribution in [1.29, 1.82) is 0 Å². The molecule has 1 aromatic carbocycles. The first-order valence-electron chi connectivity index (χ1n) is 9.33. The third-order valence-electron chi connectivity index (χ3n) is 4.83. The molecule has 1 aliphatic carbocycles. The number of nitrogens with one attached hydrogen (secondary N) is 2. The van der Waals surface area contributed by atoms with Crippen LogP contribution in [0.1, 0.15) is 36.2 Å². The number of benzene rings is 1. The molecule has 0 unspecified atom stereocenters. The minimum atomic E-state index is -0.319. The van der Waals surface area contributed by atoms with Crippen molar-refractivity contribution in [3.8, 4) is 11.5 Å². The van der Waals surface area contributed by atoms with Crippen LogP contribution >= 0.6 is 11.3 Å². The molecule has 0 aliphatic heterocycles. The summed E-state index contributed by atoms with van der Waals surface area (Å²) in [4.78, 5) is 20.4. The Kier molecular flexibility index (Phi) is 5.40. The summed E-state index contributed by atoms with van der Waals surface area (Å²) < 4.78 is 6.89. The van der Waals surface area contributed by atoms with Crippen molar-refractivity contribution in [2.45, 2.75) is 37.8 Å². The number of hydrogen-bond donors (Lipinski definition) is 3. The van der Waals surface area contributed by atoms with Crippen LogP contribution in [0, 0.1) is 0 Å². The first-order valence-corrected chi connectivity index (χ1v) is 10.2. The topological polar surface area (TPSA) is 96.4 Å². The molecule has 1 amide bonds. The highest BCUT2D eigenvalue weighted by molar-refractivity contribution is 7.22. The van der Waals surface area contributed by atoms with Gasteiger partial charge in [0.25, 0.3) is 5.91 Å². The van der Waals surface area contributed by atoms with Crippen LogP contribution in [0.4, 0.5) is 5.13 Å². The smallest absolute Gasteiger partial charge is 0.269 e. The van der Waals surface area contributed by atoms with E-state index in [2.05, 4.69) is 20.6 Å². The lowest BCUT2D eigenvalue weighted by Crippen LogP contribution is -2.36. The summed E-state index contributed by atoms with van der Waals surface area (Å²) in [5.74, 6) is 0.944. The lowest BCUT2D eigenvalue weighted by Gasteiger charge is -2.27. The second kappa shape index (κ2) is 8.12. The fourth-order valence-electron chi connectivity index (χ4n) is 3.33. The molecule has 0 spiro atoms. The second-order valence-electron chi connectivity index (χ2n) is 6.81. The highest BCUT2D eigenvalue weighted by Crippen LogP contribution is 2.32. The Bertz CT molecular complexity index is 990. The van der Waals surface area contributed by atoms with Gasteiger partial charge in [0.15, 0.2) is 5.13 Å². The number of aliphatic hydroxyl groups excluding tert-OH is 1. The Morgan fingerprint density at radius 3 is 2.86 bits per heavy atom. The number of amides is 1. The van der Waals surface area contributed by atoms with Crippen molar-refractivity contribution < 1.29 is 14.6 Å². The van der Waals surface area contributed by atoms with Crippen LogP contribution in [0.2, 0.25) is 0 Å². The van der Waals surface area contributed by atoms with Gasteiger partial charge < -0.3 is 20.5 Å². The Hall–Kier alpha value is -2.71. The number of hydrogen-bond acceptors (Lipinski definition) is 7. The third-order valence-corrected chi connectivity index (χ3v) is 5.77. The first-order chi connectivity index (χ1) is 13.6. The van der Waals surface area contributed by atoms with Crippen LogP contribution < -0.4 is 15.4 Å². The Balaban J connectivity index is 1.51. The highest BCUT2D eigenvalue weighted by Gasteiger charge is 2.23. The second-order valence-corrected chi connectivity index (χ2v) is 7.84. The Morgan fingerprint density at radius 1 is 1.21 bits per heavy atom. The summed E-state index contributed by atoms with van der Waals surface area (Å²) >= 11 is 1.54. The van der Waals surface area contributed by atoms with Crippen LogP contribution in [0.25, 0.3) is 10.2 Å². The van der Waals surface area contributed by atoms with Gasteiger partial charge in [0.05, 0.1) is 22.4 Å². The molecule has 3 aromatic rings. The average Bonchev–Trinajstić information content (AvgIpc) is 3.11. The number of rotatable bonds is 5. The van der Waals surface area contributed by atoms with E-state index in [1.165, 1.54) is 11.3 Å². The molecule has 3 N–H and O–H groups in total. The zero-order valence-corrected chi connectivity index (χ0v) is 16.3. The molecule has 7 nitrogen and oxygen atoms in total. The summed E-state index contributed by atoms with van der Waals surface area (Å²) in [5.41, 5.74) is 1.18. The summed E-state index contributed by atoms with van der Waals surface area (Å²) in [5, 5.41) is 16.9. The number of aromatic nitrogens is 2. The Labute approximate surface area is 166 Å². The molecule has 2 atom stereocenters. The van der Waals surface area contributed by atoms with Gasteiger partial charge in [-0.25, -0.2) is 4.98 Å². The molecule has 8 heteroatoms. The minimum absolute atomic E-state index is 0.0602. The van der Waals surface area contributed by atoms with Crippen molar-refractivity contribution in [3.05, 3.63) is 42.2 Å².